The molecule has 6 N–H and O–H groups in total. The second kappa shape index (κ2) is 13.5. The van der Waals surface area contributed by atoms with E-state index in [-0.39, 0.29) is 17.0 Å². The molecule has 2 unspecified atom stereocenters. The number of aliphatic hydroxyl groups excluding tert-OH is 2. The molecule has 19 nitrogen and oxygen atoms in total. The molecule has 44 heavy (non-hydrogen) atoms. The third kappa shape index (κ3) is 7.14. The highest BCUT2D eigenvalue weighted by Gasteiger charge is 2.57. The van der Waals surface area contributed by atoms with Gasteiger partial charge in [-0.3, -0.25) is 9.36 Å². The molecular weight excluding hydrogens is 653 g/mol. The first-order chi connectivity index (χ1) is 20.6. The van der Waals surface area contributed by atoms with Crippen molar-refractivity contribution in [1.29, 1.82) is 0 Å². The number of nitrogens with zero attached hydrogens (tertiary/aromatic N) is 5. The van der Waals surface area contributed by atoms with E-state index in [0.29, 0.717) is 11.2 Å². The van der Waals surface area contributed by atoms with Crippen molar-refractivity contribution >= 4 is 58.0 Å². The third-order valence-corrected chi connectivity index (χ3v) is 9.67. The van der Waals surface area contributed by atoms with Gasteiger partial charge in [-0.2, -0.15) is 15.1 Å². The molecule has 2 aliphatic rings. The Kier molecular flexibility index (Phi) is 10.5. The summed E-state index contributed by atoms with van der Waals surface area (Å²) >= 11 is 6.17. The van der Waals surface area contributed by atoms with E-state index in [2.05, 4.69) is 29.5 Å². The zero-order valence-corrected chi connectivity index (χ0v) is 26.2. The molecule has 0 aromatic carbocycles. The number of rotatable bonds is 11. The molecule has 1 saturated heterocycles. The number of carbonyl (C=O) groups excluding carboxylic acids is 2. The molecule has 6 atom stereocenters. The molecule has 2 amide bonds. The first-order valence-electron chi connectivity index (χ1n) is 13.1. The summed E-state index contributed by atoms with van der Waals surface area (Å²) < 4.78 is 51.7. The van der Waals surface area contributed by atoms with E-state index >= 15 is 0 Å². The Bertz CT molecular complexity index is 1560. The van der Waals surface area contributed by atoms with Gasteiger partial charge in [0.2, 0.25) is 5.28 Å². The Morgan fingerprint density at radius 2 is 1.93 bits per heavy atom. The highest BCUT2D eigenvalue weighted by Crippen LogP contribution is 2.53. The molecule has 0 bridgehead atoms. The minimum atomic E-state index is -5.63. The SMILES string of the molecule is COCC(OC[C@H]1O[C@@H](n2ncc3c(NC4CCCC4)nc(Cl)nc32)[C@H](O)[C@@H]1O)(C(=O)N=S(C)(=O)NC(=O)OC)P(=O)(O)O. The molecule has 1 aliphatic heterocycles. The Hall–Kier alpha value is -2.52. The van der Waals surface area contributed by atoms with Gasteiger partial charge in [0.15, 0.2) is 11.9 Å². The fourth-order valence-electron chi connectivity index (χ4n) is 4.85. The molecule has 2 fully saturated rings. The van der Waals surface area contributed by atoms with Crippen LogP contribution in [0.15, 0.2) is 10.6 Å². The van der Waals surface area contributed by atoms with E-state index in [1.807, 2.05) is 0 Å². The maximum Gasteiger partial charge on any atom is 0.419 e. The summed E-state index contributed by atoms with van der Waals surface area (Å²) in [5.74, 6) is -1.32. The number of halogens is 1. The molecule has 0 radical (unpaired) electrons. The van der Waals surface area contributed by atoms with Crippen molar-refractivity contribution < 1.29 is 57.3 Å². The van der Waals surface area contributed by atoms with Crippen LogP contribution in [0.3, 0.4) is 0 Å². The van der Waals surface area contributed by atoms with Gasteiger partial charge in [0, 0.05) is 19.4 Å². The van der Waals surface area contributed by atoms with Crippen molar-refractivity contribution in [2.75, 3.05) is 39.0 Å². The fraction of sp³-hybridized carbons (Fsp3) is 0.682. The number of aromatic nitrogens is 4. The summed E-state index contributed by atoms with van der Waals surface area (Å²) in [5.41, 5.74) is 0.164. The van der Waals surface area contributed by atoms with Gasteiger partial charge < -0.3 is 44.3 Å². The lowest BCUT2D eigenvalue weighted by atomic mass is 10.1. The van der Waals surface area contributed by atoms with Gasteiger partial charge >= 0.3 is 19.6 Å². The van der Waals surface area contributed by atoms with E-state index in [4.69, 9.17) is 25.8 Å². The minimum absolute atomic E-state index is 0.116. The number of anilines is 1. The van der Waals surface area contributed by atoms with Crippen LogP contribution in [0.1, 0.15) is 31.9 Å². The molecular formula is C22H33ClN7O12PS. The van der Waals surface area contributed by atoms with E-state index in [9.17, 15) is 38.4 Å². The molecule has 0 spiro atoms. The van der Waals surface area contributed by atoms with Gasteiger partial charge in [0.1, 0.15) is 34.0 Å². The predicted molar refractivity (Wildman–Crippen MR) is 152 cm³/mol. The number of fused-ring (bicyclic) bond motifs is 1. The number of aliphatic hydroxyl groups is 2. The Balaban J connectivity index is 1.60. The zero-order valence-electron chi connectivity index (χ0n) is 23.7. The Morgan fingerprint density at radius 1 is 1.25 bits per heavy atom. The summed E-state index contributed by atoms with van der Waals surface area (Å²) in [4.78, 5) is 53.3. The van der Waals surface area contributed by atoms with Crippen LogP contribution in [0.5, 0.6) is 0 Å². The molecule has 3 heterocycles. The van der Waals surface area contributed by atoms with Crippen LogP contribution in [0.2, 0.25) is 5.28 Å². The molecule has 1 aliphatic carbocycles. The number of hydrogen-bond donors (Lipinski definition) is 6. The fourth-order valence-corrected chi connectivity index (χ4v) is 6.82. The van der Waals surface area contributed by atoms with Crippen LogP contribution in [-0.4, -0.2) is 119 Å². The van der Waals surface area contributed by atoms with Gasteiger partial charge in [-0.05, 0) is 24.4 Å². The predicted octanol–water partition coefficient (Wildman–Crippen LogP) is -0.114. The lowest BCUT2D eigenvalue weighted by Gasteiger charge is -2.31. The van der Waals surface area contributed by atoms with E-state index in [0.717, 1.165) is 50.8 Å². The quantitative estimate of drug-likeness (QED) is 0.133. The van der Waals surface area contributed by atoms with Crippen molar-refractivity contribution in [3.8, 4) is 0 Å². The van der Waals surface area contributed by atoms with Gasteiger partial charge in [0.25, 0.3) is 5.34 Å². The normalized spacial score (nSPS) is 25.4. The van der Waals surface area contributed by atoms with Crippen molar-refractivity contribution in [3.63, 3.8) is 0 Å². The van der Waals surface area contributed by atoms with Crippen LogP contribution >= 0.6 is 19.2 Å². The van der Waals surface area contributed by atoms with Crippen molar-refractivity contribution in [2.45, 2.75) is 61.6 Å². The van der Waals surface area contributed by atoms with Crippen LogP contribution < -0.4 is 10.0 Å². The maximum absolute atomic E-state index is 13.1. The average Bonchev–Trinajstić information content (AvgIpc) is 3.66. The number of methoxy groups -OCH3 is 2. The van der Waals surface area contributed by atoms with Crippen LogP contribution in [-0.2, 0) is 38.2 Å². The van der Waals surface area contributed by atoms with Crippen LogP contribution in [0.25, 0.3) is 11.0 Å². The minimum Gasteiger partial charge on any atom is -0.452 e. The summed E-state index contributed by atoms with van der Waals surface area (Å²) in [6.45, 7) is -1.98. The standard InChI is InChI=1S/C22H33ClN7O12PS/c1-39-10-22(43(35,36)37,19(33)28-44(3,38)29-21(34)40-2)41-9-13-14(31)15(32)18(42-13)30-17-12(8-24-30)16(26-20(23)27-17)25-11-6-4-5-7-11/h8,11,13-15,18,31-32H,4-7,9-10H2,1-3H3,(H,25,26,27)(H2,35,36,37)(H,28,29,33,34,38)/t13-,14-,15-,18-,22?,44?/m1/s1. The Morgan fingerprint density at radius 3 is 2.55 bits per heavy atom. The van der Waals surface area contributed by atoms with Crippen LogP contribution in [0.4, 0.5) is 10.6 Å². The second-order valence-electron chi connectivity index (χ2n) is 10.2. The summed E-state index contributed by atoms with van der Waals surface area (Å²) in [5, 5.41) is 26.4. The van der Waals surface area contributed by atoms with Crippen molar-refractivity contribution in [3.05, 3.63) is 11.5 Å². The zero-order chi connectivity index (χ0) is 32.4. The van der Waals surface area contributed by atoms with Crippen LogP contribution in [0, 0.1) is 0 Å². The summed E-state index contributed by atoms with van der Waals surface area (Å²) in [6, 6.07) is 0.178. The number of hydrogen-bond acceptors (Lipinski definition) is 14. The number of ether oxygens (including phenoxy) is 4. The highest BCUT2D eigenvalue weighted by molar-refractivity contribution is 7.91. The van der Waals surface area contributed by atoms with Gasteiger partial charge in [0.05, 0.1) is 31.9 Å². The second-order valence-corrected chi connectivity index (χ2v) is 14.3. The lowest BCUT2D eigenvalue weighted by molar-refractivity contribution is -0.149. The summed E-state index contributed by atoms with van der Waals surface area (Å²) in [7, 11) is -7.60. The van der Waals surface area contributed by atoms with Gasteiger partial charge in [-0.25, -0.2) is 18.4 Å². The van der Waals surface area contributed by atoms with E-state index in [1.54, 1.807) is 4.72 Å². The van der Waals surface area contributed by atoms with Crippen molar-refractivity contribution in [1.82, 2.24) is 24.5 Å². The first kappa shape index (κ1) is 34.4. The first-order valence-corrected chi connectivity index (χ1v) is 17.0. The van der Waals surface area contributed by atoms with Crippen molar-refractivity contribution in [2.24, 2.45) is 4.36 Å². The largest absolute Gasteiger partial charge is 0.452 e. The molecule has 2 aromatic heterocycles. The molecule has 2 aromatic rings. The summed E-state index contributed by atoms with van der Waals surface area (Å²) in [6.07, 6.45) is -1.21. The highest BCUT2D eigenvalue weighted by atomic mass is 35.5. The third-order valence-electron chi connectivity index (χ3n) is 7.05. The van der Waals surface area contributed by atoms with Gasteiger partial charge in [-0.15, -0.1) is 4.36 Å². The average molecular weight is 686 g/mol. The maximum atomic E-state index is 13.1. The van der Waals surface area contributed by atoms with E-state index in [1.165, 1.54) is 6.20 Å². The number of carbonyl (C=O) groups is 2. The Labute approximate surface area is 256 Å². The smallest absolute Gasteiger partial charge is 0.419 e. The topological polar surface area (TPSA) is 266 Å². The molecule has 22 heteroatoms. The number of nitrogens with one attached hydrogen (secondary N) is 2. The molecule has 4 rings (SSSR count). The number of amides is 2. The van der Waals surface area contributed by atoms with Gasteiger partial charge in [-0.1, -0.05) is 12.8 Å². The van der Waals surface area contributed by atoms with E-state index < -0.39 is 72.6 Å². The monoisotopic (exact) mass is 685 g/mol. The molecule has 1 saturated carbocycles. The molecule has 246 valence electrons. The lowest BCUT2D eigenvalue weighted by Crippen LogP contribution is -2.48.